The molecule has 1 aliphatic rings. The summed E-state index contributed by atoms with van der Waals surface area (Å²) in [5.74, 6) is -0.248. The van der Waals surface area contributed by atoms with Crippen molar-refractivity contribution in [1.82, 2.24) is 10.6 Å². The van der Waals surface area contributed by atoms with Crippen LogP contribution in [0.4, 0.5) is 11.4 Å². The van der Waals surface area contributed by atoms with E-state index in [-0.39, 0.29) is 27.0 Å². The summed E-state index contributed by atoms with van der Waals surface area (Å²) in [4.78, 5) is 23.0. The Labute approximate surface area is 197 Å². The number of anilines is 1. The Morgan fingerprint density at radius 2 is 1.64 bits per heavy atom. The van der Waals surface area contributed by atoms with Gasteiger partial charge in [-0.1, -0.05) is 38.1 Å². The van der Waals surface area contributed by atoms with E-state index in [1.165, 1.54) is 0 Å². The van der Waals surface area contributed by atoms with Crippen LogP contribution in [-0.2, 0) is 5.41 Å². The summed E-state index contributed by atoms with van der Waals surface area (Å²) in [6.07, 6.45) is 0. The van der Waals surface area contributed by atoms with E-state index in [4.69, 9.17) is 12.2 Å². The highest BCUT2D eigenvalue weighted by Crippen LogP contribution is 2.50. The van der Waals surface area contributed by atoms with E-state index in [1.807, 2.05) is 18.2 Å². The molecule has 0 saturated carbocycles. The van der Waals surface area contributed by atoms with Gasteiger partial charge in [0.25, 0.3) is 11.6 Å². The highest BCUT2D eigenvalue weighted by Gasteiger charge is 2.36. The smallest absolute Gasteiger partial charge is 0.269 e. The predicted octanol–water partition coefficient (Wildman–Crippen LogP) is 4.62. The number of nitro groups is 1. The Morgan fingerprint density at radius 3 is 2.33 bits per heavy atom. The van der Waals surface area contributed by atoms with E-state index in [2.05, 4.69) is 41.9 Å². The number of fused-ring (bicyclic) bond motifs is 3. The van der Waals surface area contributed by atoms with Gasteiger partial charge in [-0.15, -0.1) is 0 Å². The summed E-state index contributed by atoms with van der Waals surface area (Å²) < 4.78 is 0. The number of non-ortho nitro benzene ring substituents is 1. The number of amides is 1. The van der Waals surface area contributed by atoms with Gasteiger partial charge in [-0.05, 0) is 64.8 Å². The van der Waals surface area contributed by atoms with Gasteiger partial charge >= 0.3 is 0 Å². The van der Waals surface area contributed by atoms with Gasteiger partial charge in [0.15, 0.2) is 5.11 Å². The van der Waals surface area contributed by atoms with Gasteiger partial charge in [-0.25, -0.2) is 0 Å². The summed E-state index contributed by atoms with van der Waals surface area (Å²) in [5, 5.41) is 20.6. The topological polar surface area (TPSA) is 96.3 Å². The summed E-state index contributed by atoms with van der Waals surface area (Å²) in [7, 11) is 0. The van der Waals surface area contributed by atoms with Crippen LogP contribution < -0.4 is 16.0 Å². The molecule has 0 fully saturated rings. The fourth-order valence-electron chi connectivity index (χ4n) is 4.14. The first-order valence-corrected chi connectivity index (χ1v) is 11.0. The van der Waals surface area contributed by atoms with Crippen LogP contribution in [0.15, 0.2) is 66.7 Å². The van der Waals surface area contributed by atoms with Gasteiger partial charge in [-0.3, -0.25) is 20.2 Å². The zero-order valence-electron chi connectivity index (χ0n) is 18.3. The fraction of sp³-hybridized carbons (Fsp3) is 0.200. The number of carbonyl (C=O) groups excluding carboxylic acids is 1. The second-order valence-electron chi connectivity index (χ2n) is 8.38. The van der Waals surface area contributed by atoms with Crippen molar-refractivity contribution >= 4 is 34.6 Å². The molecule has 0 saturated heterocycles. The first kappa shape index (κ1) is 22.4. The van der Waals surface area contributed by atoms with Crippen molar-refractivity contribution < 1.29 is 9.72 Å². The molecule has 1 amide bonds. The molecule has 168 valence electrons. The van der Waals surface area contributed by atoms with Crippen LogP contribution in [0.5, 0.6) is 0 Å². The summed E-state index contributed by atoms with van der Waals surface area (Å²) in [6.45, 7) is 5.29. The maximum Gasteiger partial charge on any atom is 0.269 e. The van der Waals surface area contributed by atoms with Crippen molar-refractivity contribution in [2.75, 3.05) is 18.4 Å². The molecule has 4 rings (SSSR count). The van der Waals surface area contributed by atoms with Crippen molar-refractivity contribution in [3.63, 3.8) is 0 Å². The molecular weight excluding hydrogens is 436 g/mol. The Balaban J connectivity index is 1.35. The molecule has 0 aromatic heterocycles. The number of nitrogens with zero attached hydrogens (tertiary/aromatic N) is 1. The van der Waals surface area contributed by atoms with Gasteiger partial charge in [-0.2, -0.15) is 0 Å². The highest BCUT2D eigenvalue weighted by atomic mass is 32.1. The molecule has 0 unspecified atom stereocenters. The predicted molar refractivity (Wildman–Crippen MR) is 134 cm³/mol. The number of benzene rings is 3. The molecule has 33 heavy (non-hydrogen) atoms. The maximum absolute atomic E-state index is 12.1. The average molecular weight is 461 g/mol. The molecule has 3 aromatic rings. The fourth-order valence-corrected chi connectivity index (χ4v) is 4.34. The number of hydrogen-bond donors (Lipinski definition) is 3. The Morgan fingerprint density at radius 1 is 0.970 bits per heavy atom. The monoisotopic (exact) mass is 460 g/mol. The minimum absolute atomic E-state index is 0.106. The molecule has 0 heterocycles. The van der Waals surface area contributed by atoms with Crippen LogP contribution >= 0.6 is 12.2 Å². The number of nitro benzene ring substituents is 1. The normalized spacial score (nSPS) is 12.9. The molecule has 0 aliphatic heterocycles. The van der Waals surface area contributed by atoms with Crippen molar-refractivity contribution in [2.24, 2.45) is 0 Å². The number of carbonyl (C=O) groups is 1. The van der Waals surface area contributed by atoms with Crippen molar-refractivity contribution in [1.29, 1.82) is 0 Å². The van der Waals surface area contributed by atoms with E-state index in [9.17, 15) is 14.9 Å². The Bertz CT molecular complexity index is 1240. The molecule has 0 bridgehead atoms. The van der Waals surface area contributed by atoms with Crippen LogP contribution in [-0.4, -0.2) is 29.0 Å². The number of rotatable bonds is 6. The molecule has 3 N–H and O–H groups in total. The Kier molecular flexibility index (Phi) is 6.11. The second kappa shape index (κ2) is 8.99. The third kappa shape index (κ3) is 4.56. The second-order valence-corrected chi connectivity index (χ2v) is 8.78. The largest absolute Gasteiger partial charge is 0.383 e. The minimum Gasteiger partial charge on any atom is -0.383 e. The lowest BCUT2D eigenvalue weighted by molar-refractivity contribution is -0.384. The van der Waals surface area contributed by atoms with E-state index in [0.717, 1.165) is 27.9 Å². The number of nitrogens with one attached hydrogen (secondary N) is 3. The standard InChI is InChI=1S/C25H24N4O3S/c1-25(2)21-14-17(8-10-19(21)20-11-9-18(29(31)32)15-22(20)25)26-12-13-27-24(33)28-23(30)16-6-4-3-5-7-16/h3-11,14-15,26H,12-13H2,1-2H3,(H2,27,28,30,33). The van der Waals surface area contributed by atoms with E-state index in [1.54, 1.807) is 36.4 Å². The number of hydrogen-bond acceptors (Lipinski definition) is 5. The van der Waals surface area contributed by atoms with Gasteiger partial charge in [0.2, 0.25) is 0 Å². The van der Waals surface area contributed by atoms with E-state index in [0.29, 0.717) is 18.7 Å². The summed E-state index contributed by atoms with van der Waals surface area (Å²) in [6, 6.07) is 20.1. The summed E-state index contributed by atoms with van der Waals surface area (Å²) >= 11 is 5.21. The number of thiocarbonyl (C=S) groups is 1. The first-order valence-electron chi connectivity index (χ1n) is 10.6. The molecule has 8 heteroatoms. The zero-order valence-corrected chi connectivity index (χ0v) is 19.2. The molecule has 3 aromatic carbocycles. The maximum atomic E-state index is 12.1. The van der Waals surface area contributed by atoms with Crippen LogP contribution in [0.25, 0.3) is 11.1 Å². The average Bonchev–Trinajstić information content (AvgIpc) is 3.03. The summed E-state index contributed by atoms with van der Waals surface area (Å²) in [5.41, 5.74) is 5.49. The van der Waals surface area contributed by atoms with E-state index < -0.39 is 0 Å². The minimum atomic E-state index is -0.355. The lowest BCUT2D eigenvalue weighted by Gasteiger charge is -2.22. The molecule has 1 aliphatic carbocycles. The molecule has 0 atom stereocenters. The molecule has 7 nitrogen and oxygen atoms in total. The Hall–Kier alpha value is -3.78. The molecule has 0 spiro atoms. The van der Waals surface area contributed by atoms with Crippen LogP contribution in [0.1, 0.15) is 35.3 Å². The lowest BCUT2D eigenvalue weighted by atomic mass is 9.82. The third-order valence-electron chi connectivity index (χ3n) is 5.87. The van der Waals surface area contributed by atoms with E-state index >= 15 is 0 Å². The van der Waals surface area contributed by atoms with Crippen LogP contribution in [0.3, 0.4) is 0 Å². The first-order chi connectivity index (χ1) is 15.8. The van der Waals surface area contributed by atoms with Gasteiger partial charge in [0.05, 0.1) is 4.92 Å². The molecular formula is C25H24N4O3S. The third-order valence-corrected chi connectivity index (χ3v) is 6.12. The van der Waals surface area contributed by atoms with Gasteiger partial charge < -0.3 is 10.6 Å². The SMILES string of the molecule is CC1(C)c2cc(NCCNC(=S)NC(=O)c3ccccc3)ccc2-c2ccc([N+](=O)[O-])cc21. The van der Waals surface area contributed by atoms with Gasteiger partial charge in [0.1, 0.15) is 0 Å². The quantitative estimate of drug-likeness (QED) is 0.215. The van der Waals surface area contributed by atoms with Crippen molar-refractivity contribution in [2.45, 2.75) is 19.3 Å². The van der Waals surface area contributed by atoms with Crippen molar-refractivity contribution in [3.8, 4) is 11.1 Å². The van der Waals surface area contributed by atoms with Crippen molar-refractivity contribution in [3.05, 3.63) is 93.5 Å². The molecule has 0 radical (unpaired) electrons. The lowest BCUT2D eigenvalue weighted by Crippen LogP contribution is -2.41. The van der Waals surface area contributed by atoms with Gasteiger partial charge in [0, 0.05) is 41.9 Å². The van der Waals surface area contributed by atoms with Crippen LogP contribution in [0, 0.1) is 10.1 Å². The highest BCUT2D eigenvalue weighted by molar-refractivity contribution is 7.80. The van der Waals surface area contributed by atoms with Crippen LogP contribution in [0.2, 0.25) is 0 Å². The zero-order chi connectivity index (χ0) is 23.6.